The summed E-state index contributed by atoms with van der Waals surface area (Å²) in [4.78, 5) is 0. The molecule has 2 saturated carbocycles. The third-order valence-electron chi connectivity index (χ3n) is 4.68. The Morgan fingerprint density at radius 2 is 1.47 bits per heavy atom. The second kappa shape index (κ2) is 6.05. The molecule has 2 aliphatic carbocycles. The number of hydrogen-bond donors (Lipinski definition) is 0. The largest absolute Gasteiger partial charge is 0.527 e. The molecule has 2 rings (SSSR count). The van der Waals surface area contributed by atoms with Crippen molar-refractivity contribution in [2.75, 3.05) is 7.11 Å². The Morgan fingerprint density at radius 1 is 0.941 bits per heavy atom. The van der Waals surface area contributed by atoms with E-state index in [9.17, 15) is 0 Å². The molecule has 2 aliphatic rings. The van der Waals surface area contributed by atoms with E-state index in [2.05, 4.69) is 6.58 Å². The molecule has 2 fully saturated rings. The first-order valence-corrected chi connectivity index (χ1v) is 9.14. The van der Waals surface area contributed by atoms with E-state index in [-0.39, 0.29) is 0 Å². The van der Waals surface area contributed by atoms with Crippen LogP contribution in [0.3, 0.4) is 0 Å². The Labute approximate surface area is 107 Å². The van der Waals surface area contributed by atoms with Crippen LogP contribution in [0.4, 0.5) is 0 Å². The lowest BCUT2D eigenvalue weighted by molar-refractivity contribution is 0.212. The van der Waals surface area contributed by atoms with Crippen LogP contribution >= 0.6 is 0 Å². The van der Waals surface area contributed by atoms with Gasteiger partial charge in [0, 0.05) is 18.2 Å². The monoisotopic (exact) mass is 254 g/mol. The summed E-state index contributed by atoms with van der Waals surface area (Å²) in [6, 6.07) is 0. The maximum Gasteiger partial charge on any atom is 0.404 e. The lowest BCUT2D eigenvalue weighted by Crippen LogP contribution is -2.51. The van der Waals surface area contributed by atoms with E-state index in [1.807, 2.05) is 7.11 Å². The first-order chi connectivity index (χ1) is 8.33. The van der Waals surface area contributed by atoms with Gasteiger partial charge in [0.25, 0.3) is 0 Å². The Balaban J connectivity index is 2.13. The van der Waals surface area contributed by atoms with E-state index in [1.54, 1.807) is 6.26 Å². The summed E-state index contributed by atoms with van der Waals surface area (Å²) in [5.41, 5.74) is 1.41. The second-order valence-electron chi connectivity index (χ2n) is 5.53. The van der Waals surface area contributed by atoms with Crippen molar-refractivity contribution in [3.8, 4) is 0 Å². The molecule has 2 nitrogen and oxygen atoms in total. The van der Waals surface area contributed by atoms with E-state index < -0.39 is 8.56 Å². The van der Waals surface area contributed by atoms with Gasteiger partial charge < -0.3 is 8.85 Å². The summed E-state index contributed by atoms with van der Waals surface area (Å²) in [6.07, 6.45) is 13.7. The molecule has 1 unspecified atom stereocenters. The highest BCUT2D eigenvalue weighted by Crippen LogP contribution is 2.51. The van der Waals surface area contributed by atoms with E-state index >= 15 is 0 Å². The fraction of sp³-hybridized carbons (Fsp3) is 0.857. The SMILES string of the molecule is C=CO[Si](OC)(C1CCCCCC1)C1CCC1. The Kier molecular flexibility index (Phi) is 4.68. The molecule has 0 saturated heterocycles. The van der Waals surface area contributed by atoms with Gasteiger partial charge in [0.2, 0.25) is 0 Å². The summed E-state index contributed by atoms with van der Waals surface area (Å²) in [6.45, 7) is 3.79. The zero-order valence-corrected chi connectivity index (χ0v) is 12.1. The van der Waals surface area contributed by atoms with Gasteiger partial charge in [-0.15, -0.1) is 0 Å². The molecule has 1 atom stereocenters. The zero-order valence-electron chi connectivity index (χ0n) is 11.1. The molecule has 17 heavy (non-hydrogen) atoms. The molecule has 0 aromatic heterocycles. The van der Waals surface area contributed by atoms with Crippen molar-refractivity contribution in [3.05, 3.63) is 12.8 Å². The maximum atomic E-state index is 6.06. The normalized spacial score (nSPS) is 26.6. The minimum atomic E-state index is -2.04. The van der Waals surface area contributed by atoms with Crippen molar-refractivity contribution in [1.82, 2.24) is 0 Å². The van der Waals surface area contributed by atoms with Crippen LogP contribution in [0.1, 0.15) is 57.8 Å². The van der Waals surface area contributed by atoms with Crippen LogP contribution in [0.2, 0.25) is 11.1 Å². The average molecular weight is 254 g/mol. The van der Waals surface area contributed by atoms with E-state index in [0.29, 0.717) is 11.1 Å². The highest BCUT2D eigenvalue weighted by Gasteiger charge is 2.54. The van der Waals surface area contributed by atoms with E-state index in [0.717, 1.165) is 0 Å². The lowest BCUT2D eigenvalue weighted by atomic mass is 10.00. The third kappa shape index (κ3) is 2.60. The Morgan fingerprint density at radius 3 is 1.82 bits per heavy atom. The smallest absolute Gasteiger partial charge is 0.404 e. The summed E-state index contributed by atoms with van der Waals surface area (Å²) in [7, 11) is -0.162. The molecule has 0 amide bonds. The number of rotatable bonds is 5. The minimum absolute atomic E-state index is 0.693. The van der Waals surface area contributed by atoms with Crippen molar-refractivity contribution < 1.29 is 8.85 Å². The highest BCUT2D eigenvalue weighted by molar-refractivity contribution is 6.71. The molecule has 98 valence electrons. The van der Waals surface area contributed by atoms with Crippen molar-refractivity contribution in [2.24, 2.45) is 0 Å². The van der Waals surface area contributed by atoms with Gasteiger partial charge in [0.15, 0.2) is 0 Å². The molecule has 0 radical (unpaired) electrons. The molecule has 0 aromatic rings. The standard InChI is InChI=1S/C14H26O2Si/c1-3-16-17(15-2,14-11-8-12-14)13-9-6-4-5-7-10-13/h3,13-14H,1,4-12H2,2H3. The highest BCUT2D eigenvalue weighted by atomic mass is 28.4. The fourth-order valence-corrected chi connectivity index (χ4v) is 8.03. The van der Waals surface area contributed by atoms with Gasteiger partial charge in [-0.05, 0) is 25.7 Å². The minimum Gasteiger partial charge on any atom is -0.527 e. The van der Waals surface area contributed by atoms with Gasteiger partial charge >= 0.3 is 8.56 Å². The predicted molar refractivity (Wildman–Crippen MR) is 73.1 cm³/mol. The van der Waals surface area contributed by atoms with Crippen molar-refractivity contribution in [3.63, 3.8) is 0 Å². The van der Waals surface area contributed by atoms with Crippen LogP contribution in [0, 0.1) is 0 Å². The number of hydrogen-bond acceptors (Lipinski definition) is 2. The molecule has 0 N–H and O–H groups in total. The van der Waals surface area contributed by atoms with Gasteiger partial charge in [-0.2, -0.15) is 0 Å². The fourth-order valence-electron chi connectivity index (χ4n) is 3.53. The summed E-state index contributed by atoms with van der Waals surface area (Å²) in [5.74, 6) is 0. The Hall–Kier alpha value is -0.283. The van der Waals surface area contributed by atoms with Crippen LogP contribution < -0.4 is 0 Å². The maximum absolute atomic E-state index is 6.06. The van der Waals surface area contributed by atoms with Crippen LogP contribution in [0.25, 0.3) is 0 Å². The van der Waals surface area contributed by atoms with Crippen molar-refractivity contribution in [1.29, 1.82) is 0 Å². The van der Waals surface area contributed by atoms with Crippen LogP contribution in [-0.2, 0) is 8.85 Å². The first-order valence-electron chi connectivity index (χ1n) is 7.17. The van der Waals surface area contributed by atoms with Crippen molar-refractivity contribution in [2.45, 2.75) is 68.9 Å². The Bertz CT molecular complexity index is 245. The van der Waals surface area contributed by atoms with Crippen LogP contribution in [0.15, 0.2) is 12.8 Å². The molecule has 0 aromatic carbocycles. The molecule has 0 bridgehead atoms. The van der Waals surface area contributed by atoms with Gasteiger partial charge in [0.1, 0.15) is 0 Å². The second-order valence-corrected chi connectivity index (χ2v) is 9.25. The quantitative estimate of drug-likeness (QED) is 0.408. The van der Waals surface area contributed by atoms with Gasteiger partial charge in [-0.3, -0.25) is 0 Å². The van der Waals surface area contributed by atoms with Crippen LogP contribution in [0.5, 0.6) is 0 Å². The first kappa shape index (κ1) is 13.2. The van der Waals surface area contributed by atoms with Gasteiger partial charge in [-0.1, -0.05) is 38.7 Å². The molecule has 0 spiro atoms. The topological polar surface area (TPSA) is 18.5 Å². The predicted octanol–water partition coefficient (Wildman–Crippen LogP) is 4.51. The summed E-state index contributed by atoms with van der Waals surface area (Å²) in [5, 5.41) is 0. The van der Waals surface area contributed by atoms with Crippen LogP contribution in [-0.4, -0.2) is 15.7 Å². The van der Waals surface area contributed by atoms with E-state index in [1.165, 1.54) is 57.8 Å². The van der Waals surface area contributed by atoms with Gasteiger partial charge in [0.05, 0.1) is 6.26 Å². The van der Waals surface area contributed by atoms with Crippen molar-refractivity contribution >= 4 is 8.56 Å². The van der Waals surface area contributed by atoms with E-state index in [4.69, 9.17) is 8.85 Å². The third-order valence-corrected chi connectivity index (χ3v) is 9.29. The molecule has 0 heterocycles. The molecular weight excluding hydrogens is 228 g/mol. The zero-order chi connectivity index (χ0) is 12.1. The molecule has 0 aliphatic heterocycles. The molecule has 3 heteroatoms. The lowest BCUT2D eigenvalue weighted by Gasteiger charge is -2.44. The average Bonchev–Trinajstić information content (AvgIpc) is 2.54. The molecular formula is C14H26O2Si. The summed E-state index contributed by atoms with van der Waals surface area (Å²) >= 11 is 0. The van der Waals surface area contributed by atoms with Gasteiger partial charge in [-0.25, -0.2) is 0 Å². The summed E-state index contributed by atoms with van der Waals surface area (Å²) < 4.78 is 12.1.